The molecule has 0 N–H and O–H groups in total. The molecule has 0 bridgehead atoms. The van der Waals surface area contributed by atoms with Gasteiger partial charge < -0.3 is 0 Å². The van der Waals surface area contributed by atoms with Crippen molar-refractivity contribution in [2.75, 3.05) is 0 Å². The molecular formula is C13H10ClF. The SMILES string of the molecule is Cc1ccc(-c2ccccc2)c(F)c1Cl. The smallest absolute Gasteiger partial charge is 0.149 e. The van der Waals surface area contributed by atoms with Crippen molar-refractivity contribution in [1.82, 2.24) is 0 Å². The van der Waals surface area contributed by atoms with Crippen LogP contribution in [0, 0.1) is 12.7 Å². The minimum atomic E-state index is -0.345. The fourth-order valence-corrected chi connectivity index (χ4v) is 1.65. The van der Waals surface area contributed by atoms with Gasteiger partial charge in [-0.2, -0.15) is 0 Å². The summed E-state index contributed by atoms with van der Waals surface area (Å²) < 4.78 is 13.8. The largest absolute Gasteiger partial charge is 0.205 e. The fraction of sp³-hybridized carbons (Fsp3) is 0.0769. The van der Waals surface area contributed by atoms with Gasteiger partial charge in [-0.1, -0.05) is 54.1 Å². The molecule has 0 saturated carbocycles. The molecule has 0 aromatic heterocycles. The number of rotatable bonds is 1. The highest BCUT2D eigenvalue weighted by molar-refractivity contribution is 6.31. The van der Waals surface area contributed by atoms with Gasteiger partial charge in [0.05, 0.1) is 5.02 Å². The molecule has 0 aliphatic rings. The van der Waals surface area contributed by atoms with Crippen LogP contribution in [0.4, 0.5) is 4.39 Å². The van der Waals surface area contributed by atoms with Gasteiger partial charge in [0.15, 0.2) is 0 Å². The molecule has 0 atom stereocenters. The predicted octanol–water partition coefficient (Wildman–Crippen LogP) is 4.45. The van der Waals surface area contributed by atoms with E-state index in [-0.39, 0.29) is 10.8 Å². The van der Waals surface area contributed by atoms with Gasteiger partial charge in [-0.05, 0) is 18.1 Å². The Morgan fingerprint density at radius 1 is 1.00 bits per heavy atom. The van der Waals surface area contributed by atoms with Crippen LogP contribution in [-0.2, 0) is 0 Å². The van der Waals surface area contributed by atoms with Crippen molar-refractivity contribution in [2.24, 2.45) is 0 Å². The van der Waals surface area contributed by atoms with E-state index in [0.717, 1.165) is 11.1 Å². The van der Waals surface area contributed by atoms with Gasteiger partial charge in [-0.25, -0.2) is 4.39 Å². The van der Waals surface area contributed by atoms with E-state index in [2.05, 4.69) is 0 Å². The van der Waals surface area contributed by atoms with Crippen molar-refractivity contribution in [1.29, 1.82) is 0 Å². The summed E-state index contributed by atoms with van der Waals surface area (Å²) in [5.74, 6) is -0.345. The van der Waals surface area contributed by atoms with Crippen LogP contribution in [0.25, 0.3) is 11.1 Å². The maximum absolute atomic E-state index is 13.8. The highest BCUT2D eigenvalue weighted by Crippen LogP contribution is 2.29. The summed E-state index contributed by atoms with van der Waals surface area (Å²) in [4.78, 5) is 0. The van der Waals surface area contributed by atoms with Crippen LogP contribution in [0.15, 0.2) is 42.5 Å². The molecule has 0 aliphatic heterocycles. The molecule has 0 spiro atoms. The summed E-state index contributed by atoms with van der Waals surface area (Å²) in [6.07, 6.45) is 0. The van der Waals surface area contributed by atoms with E-state index in [1.165, 1.54) is 0 Å². The van der Waals surface area contributed by atoms with E-state index in [1.807, 2.05) is 36.4 Å². The molecule has 0 amide bonds. The molecule has 0 radical (unpaired) electrons. The average molecular weight is 221 g/mol. The lowest BCUT2D eigenvalue weighted by molar-refractivity contribution is 0.630. The summed E-state index contributed by atoms with van der Waals surface area (Å²) in [5, 5.41) is 0.205. The fourth-order valence-electron chi connectivity index (χ4n) is 1.49. The van der Waals surface area contributed by atoms with Crippen molar-refractivity contribution >= 4 is 11.6 Å². The van der Waals surface area contributed by atoms with Crippen LogP contribution >= 0.6 is 11.6 Å². The van der Waals surface area contributed by atoms with E-state index >= 15 is 0 Å². The molecule has 0 saturated heterocycles. The third-order valence-corrected chi connectivity index (χ3v) is 2.82. The first-order valence-corrected chi connectivity index (χ1v) is 5.08. The summed E-state index contributed by atoms with van der Waals surface area (Å²) in [6, 6.07) is 13.0. The molecule has 2 aromatic rings. The Labute approximate surface area is 93.3 Å². The zero-order chi connectivity index (χ0) is 10.8. The van der Waals surface area contributed by atoms with Crippen LogP contribution < -0.4 is 0 Å². The molecule has 15 heavy (non-hydrogen) atoms. The molecule has 0 aliphatic carbocycles. The molecule has 2 heteroatoms. The topological polar surface area (TPSA) is 0 Å². The summed E-state index contributed by atoms with van der Waals surface area (Å²) in [7, 11) is 0. The van der Waals surface area contributed by atoms with Gasteiger partial charge in [-0.3, -0.25) is 0 Å². The van der Waals surface area contributed by atoms with Crippen LogP contribution in [0.3, 0.4) is 0 Å². The number of aryl methyl sites for hydroxylation is 1. The Hall–Kier alpha value is -1.34. The van der Waals surface area contributed by atoms with Crippen molar-refractivity contribution in [2.45, 2.75) is 6.92 Å². The molecule has 76 valence electrons. The Morgan fingerprint density at radius 2 is 1.67 bits per heavy atom. The summed E-state index contributed by atoms with van der Waals surface area (Å²) in [6.45, 7) is 1.79. The lowest BCUT2D eigenvalue weighted by Gasteiger charge is -2.06. The standard InChI is InChI=1S/C13H10ClF/c1-9-7-8-11(13(15)12(9)14)10-5-3-2-4-6-10/h2-8H,1H3. The number of hydrogen-bond donors (Lipinski definition) is 0. The van der Waals surface area contributed by atoms with E-state index in [9.17, 15) is 4.39 Å². The highest BCUT2D eigenvalue weighted by atomic mass is 35.5. The van der Waals surface area contributed by atoms with Gasteiger partial charge >= 0.3 is 0 Å². The van der Waals surface area contributed by atoms with Gasteiger partial charge in [0, 0.05) is 5.56 Å². The molecule has 2 aromatic carbocycles. The first kappa shape index (κ1) is 10.2. The monoisotopic (exact) mass is 220 g/mol. The average Bonchev–Trinajstić information content (AvgIpc) is 2.27. The first-order valence-electron chi connectivity index (χ1n) is 4.70. The minimum Gasteiger partial charge on any atom is -0.205 e. The number of benzene rings is 2. The van der Waals surface area contributed by atoms with Crippen LogP contribution in [-0.4, -0.2) is 0 Å². The van der Waals surface area contributed by atoms with Crippen LogP contribution in [0.2, 0.25) is 5.02 Å². The quantitative estimate of drug-likeness (QED) is 0.666. The first-order chi connectivity index (χ1) is 7.20. The Morgan fingerprint density at radius 3 is 2.33 bits per heavy atom. The zero-order valence-corrected chi connectivity index (χ0v) is 9.05. The summed E-state index contributed by atoms with van der Waals surface area (Å²) in [5.41, 5.74) is 2.15. The van der Waals surface area contributed by atoms with Crippen molar-refractivity contribution in [3.8, 4) is 11.1 Å². The van der Waals surface area contributed by atoms with E-state index in [1.54, 1.807) is 13.0 Å². The summed E-state index contributed by atoms with van der Waals surface area (Å²) >= 11 is 5.86. The highest BCUT2D eigenvalue weighted by Gasteiger charge is 2.10. The number of hydrogen-bond acceptors (Lipinski definition) is 0. The van der Waals surface area contributed by atoms with E-state index in [0.29, 0.717) is 5.56 Å². The lowest BCUT2D eigenvalue weighted by Crippen LogP contribution is -1.88. The molecular weight excluding hydrogens is 211 g/mol. The second-order valence-corrected chi connectivity index (χ2v) is 3.80. The zero-order valence-electron chi connectivity index (χ0n) is 8.30. The van der Waals surface area contributed by atoms with Crippen LogP contribution in [0.1, 0.15) is 5.56 Å². The molecule has 0 nitrogen and oxygen atoms in total. The lowest BCUT2D eigenvalue weighted by atomic mass is 10.0. The molecule has 0 unspecified atom stereocenters. The maximum Gasteiger partial charge on any atom is 0.149 e. The molecule has 0 heterocycles. The van der Waals surface area contributed by atoms with Crippen molar-refractivity contribution in [3.05, 3.63) is 58.9 Å². The van der Waals surface area contributed by atoms with Crippen molar-refractivity contribution < 1.29 is 4.39 Å². The molecule has 0 fully saturated rings. The normalized spacial score (nSPS) is 10.3. The van der Waals surface area contributed by atoms with Gasteiger partial charge in [0.1, 0.15) is 5.82 Å². The number of halogens is 2. The van der Waals surface area contributed by atoms with E-state index in [4.69, 9.17) is 11.6 Å². The second-order valence-electron chi connectivity index (χ2n) is 3.42. The van der Waals surface area contributed by atoms with Gasteiger partial charge in [0.25, 0.3) is 0 Å². The minimum absolute atomic E-state index is 0.205. The Kier molecular flexibility index (Phi) is 2.74. The Balaban J connectivity index is 2.60. The molecule has 2 rings (SSSR count). The third-order valence-electron chi connectivity index (χ3n) is 2.36. The second kappa shape index (κ2) is 4.03. The van der Waals surface area contributed by atoms with E-state index < -0.39 is 0 Å². The van der Waals surface area contributed by atoms with Gasteiger partial charge in [-0.15, -0.1) is 0 Å². The predicted molar refractivity (Wildman–Crippen MR) is 61.6 cm³/mol. The van der Waals surface area contributed by atoms with Crippen LogP contribution in [0.5, 0.6) is 0 Å². The third kappa shape index (κ3) is 1.88. The van der Waals surface area contributed by atoms with Gasteiger partial charge in [0.2, 0.25) is 0 Å². The maximum atomic E-state index is 13.8. The Bertz CT molecular complexity index is 477. The van der Waals surface area contributed by atoms with Crippen molar-refractivity contribution in [3.63, 3.8) is 0 Å².